The zero-order valence-corrected chi connectivity index (χ0v) is 12.8. The van der Waals surface area contributed by atoms with Gasteiger partial charge in [-0.1, -0.05) is 11.6 Å². The van der Waals surface area contributed by atoms with Gasteiger partial charge in [0.25, 0.3) is 10.0 Å². The second kappa shape index (κ2) is 4.68. The molecule has 1 aromatic heterocycles. The highest BCUT2D eigenvalue weighted by molar-refractivity contribution is 9.10. The van der Waals surface area contributed by atoms with Crippen molar-refractivity contribution in [1.29, 1.82) is 0 Å². The zero-order valence-electron chi connectivity index (χ0n) is 9.68. The highest BCUT2D eigenvalue weighted by atomic mass is 79.9. The molecule has 0 radical (unpaired) electrons. The van der Waals surface area contributed by atoms with Gasteiger partial charge in [-0.2, -0.15) is 17.6 Å². The third kappa shape index (κ3) is 2.32. The molecule has 0 unspecified atom stereocenters. The molecular weight excluding hydrogens is 340 g/mol. The lowest BCUT2D eigenvalue weighted by molar-refractivity contribution is 0.579. The molecule has 0 bridgehead atoms. The predicted molar refractivity (Wildman–Crippen MR) is 73.4 cm³/mol. The fraction of sp³-hybridized carbons (Fsp3) is 0.182. The molecule has 0 amide bonds. The van der Waals surface area contributed by atoms with E-state index in [0.717, 1.165) is 9.65 Å². The van der Waals surface area contributed by atoms with Crippen LogP contribution in [-0.4, -0.2) is 17.6 Å². The van der Waals surface area contributed by atoms with E-state index in [1.807, 2.05) is 6.92 Å². The summed E-state index contributed by atoms with van der Waals surface area (Å²) in [6.07, 6.45) is 1.41. The molecule has 0 fully saturated rings. The third-order valence-corrected chi connectivity index (χ3v) is 5.35. The van der Waals surface area contributed by atoms with Gasteiger partial charge in [0.1, 0.15) is 4.90 Å². The minimum absolute atomic E-state index is 0.0983. The first-order valence-electron chi connectivity index (χ1n) is 5.06. The Morgan fingerprint density at radius 2 is 2.00 bits per heavy atom. The van der Waals surface area contributed by atoms with Gasteiger partial charge in [0.15, 0.2) is 0 Å². The molecule has 4 nitrogen and oxygen atoms in total. The second-order valence-corrected chi connectivity index (χ2v) is 6.89. The van der Waals surface area contributed by atoms with Crippen LogP contribution in [0.3, 0.4) is 0 Å². The van der Waals surface area contributed by atoms with E-state index in [2.05, 4.69) is 21.0 Å². The summed E-state index contributed by atoms with van der Waals surface area (Å²) in [5.74, 6) is 0. The Balaban J connectivity index is 2.65. The van der Waals surface area contributed by atoms with Crippen molar-refractivity contribution in [3.8, 4) is 0 Å². The van der Waals surface area contributed by atoms with Crippen molar-refractivity contribution in [2.45, 2.75) is 18.7 Å². The van der Waals surface area contributed by atoms with Gasteiger partial charge in [0.2, 0.25) is 0 Å². The smallest absolute Gasteiger partial charge is 0.199 e. The summed E-state index contributed by atoms with van der Waals surface area (Å²) in [4.78, 5) is 0.0983. The van der Waals surface area contributed by atoms with Crippen molar-refractivity contribution in [1.82, 2.24) is 9.19 Å². The van der Waals surface area contributed by atoms with Gasteiger partial charge in [-0.15, -0.1) is 0 Å². The average molecular weight is 350 g/mol. The molecule has 0 atom stereocenters. The van der Waals surface area contributed by atoms with Crippen LogP contribution >= 0.6 is 27.5 Å². The van der Waals surface area contributed by atoms with E-state index < -0.39 is 10.0 Å². The molecule has 0 spiro atoms. The van der Waals surface area contributed by atoms with Crippen LogP contribution in [0.1, 0.15) is 11.3 Å². The van der Waals surface area contributed by atoms with E-state index in [1.165, 1.54) is 12.3 Å². The summed E-state index contributed by atoms with van der Waals surface area (Å²) in [5, 5.41) is 4.32. The molecular formula is C11H10BrClN2O2S. The van der Waals surface area contributed by atoms with Crippen molar-refractivity contribution in [2.75, 3.05) is 0 Å². The van der Waals surface area contributed by atoms with Crippen LogP contribution in [0.15, 0.2) is 33.8 Å². The van der Waals surface area contributed by atoms with Gasteiger partial charge >= 0.3 is 0 Å². The molecule has 0 aliphatic rings. The molecule has 0 saturated carbocycles. The Morgan fingerprint density at radius 3 is 2.56 bits per heavy atom. The summed E-state index contributed by atoms with van der Waals surface area (Å²) in [6.45, 7) is 3.53. The maximum atomic E-state index is 12.3. The van der Waals surface area contributed by atoms with Crippen molar-refractivity contribution in [3.05, 3.63) is 45.1 Å². The molecule has 7 heteroatoms. The van der Waals surface area contributed by atoms with Crippen LogP contribution < -0.4 is 0 Å². The third-order valence-electron chi connectivity index (χ3n) is 2.44. The van der Waals surface area contributed by atoms with Crippen LogP contribution in [0.25, 0.3) is 0 Å². The monoisotopic (exact) mass is 348 g/mol. The molecule has 0 saturated heterocycles. The molecule has 1 heterocycles. The van der Waals surface area contributed by atoms with Crippen LogP contribution in [0, 0.1) is 13.8 Å². The largest absolute Gasteiger partial charge is 0.284 e. The second-order valence-electron chi connectivity index (χ2n) is 3.87. The highest BCUT2D eigenvalue weighted by Gasteiger charge is 2.22. The van der Waals surface area contributed by atoms with Gasteiger partial charge in [0.05, 0.1) is 5.69 Å². The lowest BCUT2D eigenvalue weighted by Gasteiger charge is -2.08. The average Bonchev–Trinajstić information content (AvgIpc) is 2.70. The van der Waals surface area contributed by atoms with Crippen molar-refractivity contribution >= 4 is 37.6 Å². The lowest BCUT2D eigenvalue weighted by atomic mass is 10.2. The fourth-order valence-corrected chi connectivity index (χ4v) is 3.99. The number of aryl methyl sites for hydroxylation is 2. The number of rotatable bonds is 2. The summed E-state index contributed by atoms with van der Waals surface area (Å²) in [7, 11) is -3.71. The van der Waals surface area contributed by atoms with Gasteiger partial charge in [-0.3, -0.25) is 0 Å². The first-order chi connectivity index (χ1) is 8.32. The molecule has 1 aromatic carbocycles. The normalized spacial score (nSPS) is 11.8. The van der Waals surface area contributed by atoms with Crippen LogP contribution in [0.2, 0.25) is 5.02 Å². The van der Waals surface area contributed by atoms with E-state index in [0.29, 0.717) is 15.2 Å². The van der Waals surface area contributed by atoms with E-state index in [-0.39, 0.29) is 4.90 Å². The molecule has 18 heavy (non-hydrogen) atoms. The summed E-state index contributed by atoms with van der Waals surface area (Å²) in [6, 6.07) is 4.72. The van der Waals surface area contributed by atoms with Crippen LogP contribution in [0.4, 0.5) is 0 Å². The van der Waals surface area contributed by atoms with Crippen molar-refractivity contribution < 1.29 is 8.42 Å². The number of aromatic nitrogens is 2. The highest BCUT2D eigenvalue weighted by Crippen LogP contribution is 2.29. The van der Waals surface area contributed by atoms with E-state index in [4.69, 9.17) is 11.6 Å². The maximum absolute atomic E-state index is 12.3. The molecule has 96 valence electrons. The van der Waals surface area contributed by atoms with Crippen LogP contribution in [0.5, 0.6) is 0 Å². The summed E-state index contributed by atoms with van der Waals surface area (Å²) >= 11 is 9.21. The Bertz CT molecular complexity index is 710. The first kappa shape index (κ1) is 13.6. The molecule has 2 aromatic rings. The van der Waals surface area contributed by atoms with Crippen molar-refractivity contribution in [2.24, 2.45) is 0 Å². The van der Waals surface area contributed by atoms with E-state index >= 15 is 0 Å². The first-order valence-corrected chi connectivity index (χ1v) is 7.67. The van der Waals surface area contributed by atoms with Gasteiger partial charge < -0.3 is 0 Å². The van der Waals surface area contributed by atoms with Gasteiger partial charge in [-0.25, -0.2) is 0 Å². The topological polar surface area (TPSA) is 52.0 Å². The Kier molecular flexibility index (Phi) is 3.53. The van der Waals surface area contributed by atoms with E-state index in [1.54, 1.807) is 19.1 Å². The Labute approximate surface area is 119 Å². The quantitative estimate of drug-likeness (QED) is 0.837. The number of halogens is 2. The molecule has 2 rings (SSSR count). The number of nitrogens with zero attached hydrogens (tertiary/aromatic N) is 2. The number of benzene rings is 1. The maximum Gasteiger partial charge on any atom is 0.284 e. The number of hydrogen-bond donors (Lipinski definition) is 0. The van der Waals surface area contributed by atoms with Crippen LogP contribution in [-0.2, 0) is 10.0 Å². The van der Waals surface area contributed by atoms with Crippen molar-refractivity contribution in [3.63, 3.8) is 0 Å². The lowest BCUT2D eigenvalue weighted by Crippen LogP contribution is -2.14. The Morgan fingerprint density at radius 1 is 1.33 bits per heavy atom. The van der Waals surface area contributed by atoms with Gasteiger partial charge in [0, 0.05) is 15.7 Å². The van der Waals surface area contributed by atoms with Gasteiger partial charge in [-0.05, 0) is 53.5 Å². The molecule has 0 aliphatic carbocycles. The zero-order chi connectivity index (χ0) is 13.5. The molecule has 0 aliphatic heterocycles. The standard InChI is InChI=1S/C11H10BrClN2O2S/c1-7-5-9(12)11(6-10(7)13)18(16,17)15-4-3-8(2)14-15/h3-6H,1-2H3. The SMILES string of the molecule is Cc1ccn(S(=O)(=O)c2cc(Cl)c(C)cc2Br)n1. The number of hydrogen-bond acceptors (Lipinski definition) is 3. The summed E-state index contributed by atoms with van der Waals surface area (Å²) < 4.78 is 26.1. The minimum atomic E-state index is -3.71. The molecule has 0 N–H and O–H groups in total. The fourth-order valence-electron chi connectivity index (χ4n) is 1.45. The summed E-state index contributed by atoms with van der Waals surface area (Å²) in [5.41, 5.74) is 1.44. The predicted octanol–water partition coefficient (Wildman–Crippen LogP) is 3.15. The Hall–Kier alpha value is -0.850. The minimum Gasteiger partial charge on any atom is -0.199 e. The van der Waals surface area contributed by atoms with E-state index in [9.17, 15) is 8.42 Å².